The number of hydrogen-bond acceptors (Lipinski definition) is 9. The van der Waals surface area contributed by atoms with Crippen LogP contribution < -0.4 is 9.47 Å². The van der Waals surface area contributed by atoms with E-state index in [2.05, 4.69) is 66.2 Å². The first-order valence-electron chi connectivity index (χ1n) is 19.7. The third kappa shape index (κ3) is 12.3. The van der Waals surface area contributed by atoms with Gasteiger partial charge in [-0.3, -0.25) is 4.79 Å². The van der Waals surface area contributed by atoms with Crippen molar-refractivity contribution in [3.8, 4) is 33.8 Å². The van der Waals surface area contributed by atoms with Crippen molar-refractivity contribution in [2.75, 3.05) is 19.0 Å². The van der Waals surface area contributed by atoms with Crippen LogP contribution in [0.4, 0.5) is 4.39 Å². The molecule has 0 aliphatic carbocycles. The zero-order chi connectivity index (χ0) is 41.6. The molecule has 6 rings (SSSR count). The van der Waals surface area contributed by atoms with E-state index >= 15 is 4.39 Å². The number of fused-ring (bicyclic) bond motifs is 1. The van der Waals surface area contributed by atoms with Crippen LogP contribution in [0.1, 0.15) is 62.5 Å². The number of halogens is 1. The molecule has 0 saturated heterocycles. The van der Waals surface area contributed by atoms with Crippen molar-refractivity contribution < 1.29 is 28.2 Å². The van der Waals surface area contributed by atoms with Gasteiger partial charge in [-0.25, -0.2) is 9.18 Å². The van der Waals surface area contributed by atoms with Gasteiger partial charge in [-0.1, -0.05) is 80.6 Å². The van der Waals surface area contributed by atoms with Gasteiger partial charge in [0.15, 0.2) is 0 Å². The molecule has 0 atom stereocenters. The summed E-state index contributed by atoms with van der Waals surface area (Å²) in [5.74, 6) is 0.820. The molecule has 1 aromatic heterocycles. The summed E-state index contributed by atoms with van der Waals surface area (Å²) < 4.78 is 33.2. The number of hydrogen-bond donors (Lipinski definition) is 0. The minimum atomic E-state index is -0.445. The first kappa shape index (κ1) is 42.8. The average molecular weight is 827 g/mol. The normalized spacial score (nSPS) is 11.6. The Balaban J connectivity index is 1.10. The number of thioether (sulfide) groups is 1. The maximum absolute atomic E-state index is 15.4. The van der Waals surface area contributed by atoms with Gasteiger partial charge in [0.2, 0.25) is 0 Å². The molecule has 0 amide bonds. The molecular weight excluding hydrogens is 780 g/mol. The lowest BCUT2D eigenvalue weighted by Gasteiger charge is -2.11. The highest BCUT2D eigenvalue weighted by Crippen LogP contribution is 2.31. The summed E-state index contributed by atoms with van der Waals surface area (Å²) in [4.78, 5) is 27.0. The lowest BCUT2D eigenvalue weighted by Crippen LogP contribution is -2.10. The number of carbonyl (C=O) groups excluding carboxylic acids is 2. The number of benzene rings is 5. The topological polar surface area (TPSA) is 86.5 Å². The van der Waals surface area contributed by atoms with Gasteiger partial charge < -0.3 is 14.2 Å². The van der Waals surface area contributed by atoms with Gasteiger partial charge in [0, 0.05) is 39.1 Å². The molecule has 59 heavy (non-hydrogen) atoms. The summed E-state index contributed by atoms with van der Waals surface area (Å²) >= 11 is 3.52. The number of carbonyl (C=O) groups is 2. The van der Waals surface area contributed by atoms with Crippen LogP contribution >= 0.6 is 23.1 Å². The van der Waals surface area contributed by atoms with Crippen molar-refractivity contribution in [1.82, 2.24) is 0 Å². The Morgan fingerprint density at radius 3 is 2.36 bits per heavy atom. The van der Waals surface area contributed by atoms with Gasteiger partial charge >= 0.3 is 11.9 Å². The Morgan fingerprint density at radius 1 is 0.847 bits per heavy atom. The molecule has 6 aromatic rings. The van der Waals surface area contributed by atoms with E-state index in [1.165, 1.54) is 28.5 Å². The van der Waals surface area contributed by atoms with Crippen molar-refractivity contribution in [3.63, 3.8) is 0 Å². The Kier molecular flexibility index (Phi) is 15.4. The maximum atomic E-state index is 15.4. The number of aryl methyl sites for hydroxylation is 1. The fourth-order valence-electron chi connectivity index (χ4n) is 6.02. The van der Waals surface area contributed by atoms with Crippen LogP contribution in [-0.4, -0.2) is 42.8 Å². The van der Waals surface area contributed by atoms with Gasteiger partial charge in [0.1, 0.15) is 17.3 Å². The molecule has 0 unspecified atom stereocenters. The maximum Gasteiger partial charge on any atom is 0.333 e. The van der Waals surface area contributed by atoms with Crippen molar-refractivity contribution >= 4 is 57.0 Å². The number of ether oxygens (including phenoxy) is 3. The lowest BCUT2D eigenvalue weighted by molar-refractivity contribution is -0.139. The molecular formula is C49H47FN2O5S2. The van der Waals surface area contributed by atoms with Gasteiger partial charge in [-0.15, -0.1) is 23.1 Å². The van der Waals surface area contributed by atoms with Crippen molar-refractivity contribution in [1.29, 1.82) is 0 Å². The van der Waals surface area contributed by atoms with Crippen LogP contribution in [0.15, 0.2) is 143 Å². The molecule has 0 aliphatic heterocycles. The highest BCUT2D eigenvalue weighted by atomic mass is 32.2. The van der Waals surface area contributed by atoms with Crippen molar-refractivity contribution in [3.05, 3.63) is 149 Å². The quantitative estimate of drug-likeness (QED) is 0.0154. The molecule has 5 aromatic carbocycles. The first-order chi connectivity index (χ1) is 28.7. The van der Waals surface area contributed by atoms with E-state index in [0.29, 0.717) is 58.8 Å². The second-order valence-corrected chi connectivity index (χ2v) is 16.2. The van der Waals surface area contributed by atoms with Gasteiger partial charge in [-0.2, -0.15) is 10.2 Å². The van der Waals surface area contributed by atoms with E-state index < -0.39 is 17.8 Å². The largest absolute Gasteiger partial charge is 0.493 e. The van der Waals surface area contributed by atoms with E-state index in [1.807, 2.05) is 49.0 Å². The molecule has 0 saturated carbocycles. The summed E-state index contributed by atoms with van der Waals surface area (Å²) in [5, 5.41) is 10.1. The van der Waals surface area contributed by atoms with Crippen LogP contribution in [0.25, 0.3) is 32.3 Å². The number of esters is 2. The molecule has 302 valence electrons. The fraction of sp³-hybridized carbons (Fsp3) is 0.224. The van der Waals surface area contributed by atoms with Crippen LogP contribution in [0.2, 0.25) is 0 Å². The minimum absolute atomic E-state index is 0.0515. The summed E-state index contributed by atoms with van der Waals surface area (Å²) in [6.07, 6.45) is 4.85. The van der Waals surface area contributed by atoms with Crippen molar-refractivity contribution in [2.45, 2.75) is 57.8 Å². The van der Waals surface area contributed by atoms with Gasteiger partial charge in [0.25, 0.3) is 0 Å². The molecule has 1 heterocycles. The summed E-state index contributed by atoms with van der Waals surface area (Å²) in [6.45, 7) is 9.89. The molecule has 0 fully saturated rings. The van der Waals surface area contributed by atoms with Crippen LogP contribution in [0.3, 0.4) is 0 Å². The van der Waals surface area contributed by atoms with E-state index in [-0.39, 0.29) is 13.0 Å². The molecule has 0 aliphatic rings. The molecule has 10 heteroatoms. The second-order valence-electron chi connectivity index (χ2n) is 14.0. The van der Waals surface area contributed by atoms with E-state index in [0.717, 1.165) is 32.9 Å². The summed E-state index contributed by atoms with van der Waals surface area (Å²) in [7, 11) is 0. The SMILES string of the molecule is C=C(C)C(=O)OCCCOc1ccc(-c2ccc(CCC(=O)Oc3ccc(-c4ccc(SCCCC)cc4)cc3/C=N/N=C(\C)c3cc4ccccc4s3)cc2F)cc1. The Morgan fingerprint density at radius 2 is 1.61 bits per heavy atom. The molecule has 0 N–H and O–H groups in total. The van der Waals surface area contributed by atoms with Gasteiger partial charge in [0.05, 0.1) is 30.0 Å². The predicted molar refractivity (Wildman–Crippen MR) is 241 cm³/mol. The summed E-state index contributed by atoms with van der Waals surface area (Å²) in [6, 6.07) is 36.6. The first-order valence-corrected chi connectivity index (χ1v) is 21.5. The fourth-order valence-corrected chi connectivity index (χ4v) is 8.02. The van der Waals surface area contributed by atoms with Crippen LogP contribution in [0.5, 0.6) is 11.5 Å². The number of thiophene rings is 1. The summed E-state index contributed by atoms with van der Waals surface area (Å²) in [5.41, 5.74) is 5.55. The Hall–Kier alpha value is -5.84. The Bertz CT molecular complexity index is 2420. The zero-order valence-corrected chi connectivity index (χ0v) is 35.2. The number of unbranched alkanes of at least 4 members (excludes halogenated alkanes) is 1. The smallest absolute Gasteiger partial charge is 0.333 e. The molecule has 7 nitrogen and oxygen atoms in total. The van der Waals surface area contributed by atoms with E-state index in [4.69, 9.17) is 14.2 Å². The van der Waals surface area contributed by atoms with Crippen LogP contribution in [0, 0.1) is 5.82 Å². The lowest BCUT2D eigenvalue weighted by atomic mass is 10.0. The third-order valence-electron chi connectivity index (χ3n) is 9.33. The van der Waals surface area contributed by atoms with Crippen molar-refractivity contribution in [2.24, 2.45) is 10.2 Å². The highest BCUT2D eigenvalue weighted by molar-refractivity contribution is 7.99. The Labute approximate surface area is 353 Å². The molecule has 0 spiro atoms. The predicted octanol–water partition coefficient (Wildman–Crippen LogP) is 12.5. The number of rotatable bonds is 19. The van der Waals surface area contributed by atoms with E-state index in [1.54, 1.807) is 60.9 Å². The number of nitrogens with zero attached hydrogens (tertiary/aromatic N) is 2. The zero-order valence-electron chi connectivity index (χ0n) is 33.5. The molecule has 0 bridgehead atoms. The van der Waals surface area contributed by atoms with E-state index in [9.17, 15) is 9.59 Å². The molecule has 0 radical (unpaired) electrons. The van der Waals surface area contributed by atoms with Crippen LogP contribution in [-0.2, 0) is 20.7 Å². The third-order valence-corrected chi connectivity index (χ3v) is 11.7. The van der Waals surface area contributed by atoms with Gasteiger partial charge in [-0.05, 0) is 115 Å². The highest BCUT2D eigenvalue weighted by Gasteiger charge is 2.14. The average Bonchev–Trinajstić information content (AvgIpc) is 3.69. The monoisotopic (exact) mass is 826 g/mol. The standard InChI is InChI=1S/C49H47FN2O5S2/c1-5-6-28-58-42-21-16-36(17-22-42)38-18-24-45(40(30-38)32-51-52-34(4)47-31-39-10-7-8-11-46(39)59-47)57-48(53)25-13-35-12-23-43(44(50)29-35)37-14-19-41(20-15-37)55-26-9-27-56-49(54)33(2)3/h7-8,10-12,14-24,29-32H,2,5-6,9,13,25-28H2,1,3-4H3/b51-32+,52-34+. The minimum Gasteiger partial charge on any atom is -0.493 e. The second kappa shape index (κ2) is 21.2.